The molecule has 0 aromatic heterocycles. The first-order chi connectivity index (χ1) is 15.7. The van der Waals surface area contributed by atoms with E-state index in [0.29, 0.717) is 22.7 Å². The highest BCUT2D eigenvalue weighted by atomic mass is 35.5. The summed E-state index contributed by atoms with van der Waals surface area (Å²) in [6.45, 7) is 1.75. The number of hydrogen-bond donors (Lipinski definition) is 0. The van der Waals surface area contributed by atoms with Gasteiger partial charge in [-0.25, -0.2) is 0 Å². The van der Waals surface area contributed by atoms with Gasteiger partial charge < -0.3 is 9.64 Å². The summed E-state index contributed by atoms with van der Waals surface area (Å²) < 4.78 is 84.1. The summed E-state index contributed by atoms with van der Waals surface area (Å²) >= 11 is 5.87. The molecule has 1 amide bonds. The molecule has 11 heteroatoms. The smallest absolute Gasteiger partial charge is 0.416 e. The molecule has 1 unspecified atom stereocenters. The van der Waals surface area contributed by atoms with E-state index in [1.807, 2.05) is 0 Å². The van der Waals surface area contributed by atoms with Crippen molar-refractivity contribution in [3.8, 4) is 0 Å². The van der Waals surface area contributed by atoms with Crippen LogP contribution in [-0.2, 0) is 28.3 Å². The van der Waals surface area contributed by atoms with Crippen LogP contribution in [0.25, 0.3) is 0 Å². The fourth-order valence-corrected chi connectivity index (χ4v) is 3.42. The van der Waals surface area contributed by atoms with E-state index in [0.717, 1.165) is 4.90 Å². The van der Waals surface area contributed by atoms with Gasteiger partial charge in [0.1, 0.15) is 0 Å². The zero-order chi connectivity index (χ0) is 25.7. The number of benzene rings is 2. The quantitative estimate of drug-likeness (QED) is 0.305. The maximum Gasteiger partial charge on any atom is 0.416 e. The van der Waals surface area contributed by atoms with E-state index in [-0.39, 0.29) is 31.9 Å². The first-order valence-corrected chi connectivity index (χ1v) is 10.6. The number of alkyl halides is 6. The summed E-state index contributed by atoms with van der Waals surface area (Å²) in [6.07, 6.45) is -10.00. The largest absolute Gasteiger partial charge is 0.466 e. The summed E-state index contributed by atoms with van der Waals surface area (Å²) in [5, 5.41) is 0.458. The third-order valence-electron chi connectivity index (χ3n) is 5.07. The lowest BCUT2D eigenvalue weighted by atomic mass is 9.98. The van der Waals surface area contributed by atoms with Crippen LogP contribution >= 0.6 is 11.6 Å². The van der Waals surface area contributed by atoms with Crippen molar-refractivity contribution >= 4 is 23.5 Å². The Kier molecular flexibility index (Phi) is 8.99. The average Bonchev–Trinajstić information content (AvgIpc) is 2.75. The number of carbonyl (C=O) groups excluding carboxylic acids is 2. The van der Waals surface area contributed by atoms with Crippen LogP contribution in [0, 0.1) is 0 Å². The van der Waals surface area contributed by atoms with Crippen molar-refractivity contribution in [1.82, 2.24) is 4.90 Å². The molecule has 4 nitrogen and oxygen atoms in total. The van der Waals surface area contributed by atoms with Gasteiger partial charge >= 0.3 is 18.3 Å². The average molecular weight is 510 g/mol. The van der Waals surface area contributed by atoms with E-state index in [9.17, 15) is 35.9 Å². The summed E-state index contributed by atoms with van der Waals surface area (Å²) in [4.78, 5) is 25.9. The summed E-state index contributed by atoms with van der Waals surface area (Å²) in [5.74, 6) is -1.58. The van der Waals surface area contributed by atoms with Crippen LogP contribution in [0.15, 0.2) is 42.5 Å². The van der Waals surface area contributed by atoms with Gasteiger partial charge in [-0.3, -0.25) is 9.59 Å². The lowest BCUT2D eigenvalue weighted by molar-refractivity contribution is -0.144. The number of halogens is 7. The van der Waals surface area contributed by atoms with E-state index in [2.05, 4.69) is 0 Å². The fraction of sp³-hybridized carbons (Fsp3) is 0.391. The molecule has 0 heterocycles. The minimum absolute atomic E-state index is 0.0390. The van der Waals surface area contributed by atoms with Crippen LogP contribution in [-0.4, -0.2) is 36.5 Å². The molecule has 34 heavy (non-hydrogen) atoms. The van der Waals surface area contributed by atoms with Crippen molar-refractivity contribution < 1.29 is 40.7 Å². The Bertz CT molecular complexity index is 973. The number of rotatable bonds is 8. The van der Waals surface area contributed by atoms with Crippen LogP contribution in [0.2, 0.25) is 5.02 Å². The van der Waals surface area contributed by atoms with Crippen molar-refractivity contribution in [1.29, 1.82) is 0 Å². The number of hydrogen-bond acceptors (Lipinski definition) is 3. The predicted octanol–water partition coefficient (Wildman–Crippen LogP) is 6.40. The van der Waals surface area contributed by atoms with Gasteiger partial charge in [-0.2, -0.15) is 26.3 Å². The lowest BCUT2D eigenvalue weighted by Gasteiger charge is -2.29. The highest BCUT2D eigenvalue weighted by Gasteiger charge is 2.38. The van der Waals surface area contributed by atoms with Crippen LogP contribution < -0.4 is 0 Å². The van der Waals surface area contributed by atoms with Crippen LogP contribution in [0.3, 0.4) is 0 Å². The van der Waals surface area contributed by atoms with Gasteiger partial charge in [0.25, 0.3) is 5.91 Å². The molecule has 0 saturated heterocycles. The topological polar surface area (TPSA) is 46.6 Å². The molecule has 2 rings (SSSR count). The third-order valence-corrected chi connectivity index (χ3v) is 5.33. The van der Waals surface area contributed by atoms with Crippen molar-refractivity contribution in [3.05, 3.63) is 69.7 Å². The van der Waals surface area contributed by atoms with Crippen molar-refractivity contribution in [3.63, 3.8) is 0 Å². The fourth-order valence-electron chi connectivity index (χ4n) is 3.29. The zero-order valence-electron chi connectivity index (χ0n) is 18.3. The molecular weight excluding hydrogens is 488 g/mol. The second-order valence-electron chi connectivity index (χ2n) is 7.54. The molecule has 0 bridgehead atoms. The molecule has 186 valence electrons. The molecule has 0 spiro atoms. The van der Waals surface area contributed by atoms with Gasteiger partial charge in [-0.1, -0.05) is 23.7 Å². The van der Waals surface area contributed by atoms with E-state index in [1.54, 1.807) is 31.2 Å². The van der Waals surface area contributed by atoms with Gasteiger partial charge in [0.2, 0.25) is 0 Å². The molecule has 2 aromatic carbocycles. The Morgan fingerprint density at radius 3 is 1.97 bits per heavy atom. The summed E-state index contributed by atoms with van der Waals surface area (Å²) in [6, 6.07) is 6.56. The Labute approximate surface area is 197 Å². The van der Waals surface area contributed by atoms with Gasteiger partial charge in [-0.15, -0.1) is 0 Å². The predicted molar refractivity (Wildman–Crippen MR) is 113 cm³/mol. The van der Waals surface area contributed by atoms with Gasteiger partial charge in [0, 0.05) is 30.1 Å². The molecule has 0 aliphatic carbocycles. The Hall–Kier alpha value is -2.75. The number of likely N-dealkylation sites (N-methyl/N-ethyl adjacent to an activating group) is 1. The molecule has 1 atom stereocenters. The van der Waals surface area contributed by atoms with Gasteiger partial charge in [-0.05, 0) is 55.7 Å². The molecule has 0 saturated carbocycles. The minimum Gasteiger partial charge on any atom is -0.466 e. The minimum atomic E-state index is -5.08. The monoisotopic (exact) mass is 509 g/mol. The molecule has 0 N–H and O–H groups in total. The van der Waals surface area contributed by atoms with E-state index in [1.165, 1.54) is 7.05 Å². The molecule has 2 aromatic rings. The maximum absolute atomic E-state index is 13.2. The normalized spacial score (nSPS) is 12.9. The van der Waals surface area contributed by atoms with Gasteiger partial charge in [0.05, 0.1) is 17.7 Å². The molecule has 0 fully saturated rings. The molecular formula is C23H22ClF6NO3. The number of amides is 1. The van der Waals surface area contributed by atoms with Crippen LogP contribution in [0.5, 0.6) is 0 Å². The van der Waals surface area contributed by atoms with Gasteiger partial charge in [0.15, 0.2) is 0 Å². The lowest BCUT2D eigenvalue weighted by Crippen LogP contribution is -2.39. The number of esters is 1. The molecule has 0 radical (unpaired) electrons. The zero-order valence-corrected chi connectivity index (χ0v) is 19.0. The first-order valence-electron chi connectivity index (χ1n) is 10.2. The second kappa shape index (κ2) is 11.1. The summed E-state index contributed by atoms with van der Waals surface area (Å²) in [5.41, 5.74) is -3.22. The van der Waals surface area contributed by atoms with Crippen LogP contribution in [0.1, 0.15) is 46.8 Å². The highest BCUT2D eigenvalue weighted by molar-refractivity contribution is 6.30. The molecule has 0 aliphatic heterocycles. The summed E-state index contributed by atoms with van der Waals surface area (Å²) in [7, 11) is 1.27. The molecule has 0 aliphatic rings. The number of carbonyl (C=O) groups is 2. The number of nitrogens with zero attached hydrogens (tertiary/aromatic N) is 1. The van der Waals surface area contributed by atoms with Crippen molar-refractivity contribution in [2.75, 3.05) is 13.7 Å². The standard InChI is InChI=1S/C23H22ClF6NO3/c1-3-34-20(32)9-8-19(10-14-4-6-18(24)7-5-14)31(2)21(33)15-11-16(22(25,26)27)13-17(12-15)23(28,29)30/h4-7,11-13,19H,3,8-10H2,1-2H3. The van der Waals surface area contributed by atoms with E-state index >= 15 is 0 Å². The van der Waals surface area contributed by atoms with E-state index in [4.69, 9.17) is 16.3 Å². The maximum atomic E-state index is 13.2. The van der Waals surface area contributed by atoms with E-state index < -0.39 is 47.0 Å². The first kappa shape index (κ1) is 27.5. The Morgan fingerprint density at radius 2 is 1.50 bits per heavy atom. The number of ether oxygens (including phenoxy) is 1. The SMILES string of the molecule is CCOC(=O)CCC(Cc1ccc(Cl)cc1)N(C)C(=O)c1cc(C(F)(F)F)cc(C(F)(F)F)c1. The van der Waals surface area contributed by atoms with Crippen LogP contribution in [0.4, 0.5) is 26.3 Å². The Morgan fingerprint density at radius 1 is 0.971 bits per heavy atom. The second-order valence-corrected chi connectivity index (χ2v) is 7.98. The van der Waals surface area contributed by atoms with Crippen molar-refractivity contribution in [2.45, 2.75) is 44.6 Å². The highest BCUT2D eigenvalue weighted by Crippen LogP contribution is 2.36. The third kappa shape index (κ3) is 7.65. The van der Waals surface area contributed by atoms with Crippen molar-refractivity contribution in [2.24, 2.45) is 0 Å². The Balaban J connectivity index is 2.40.